The largest absolute Gasteiger partial charge is 0.463 e. The molecular weight excluding hydrogens is 416 g/mol. The third-order valence-electron chi connectivity index (χ3n) is 4.98. The van der Waals surface area contributed by atoms with Crippen LogP contribution in [0.3, 0.4) is 0 Å². The number of nitrogens with one attached hydrogen (secondary N) is 1. The molecule has 2 aromatic rings. The average Bonchev–Trinajstić information content (AvgIpc) is 2.79. The number of sulfonamides is 1. The maximum atomic E-state index is 13.1. The Morgan fingerprint density at radius 1 is 1.10 bits per heavy atom. The lowest BCUT2D eigenvalue weighted by molar-refractivity contribution is -0.137. The van der Waals surface area contributed by atoms with E-state index in [-0.39, 0.29) is 10.8 Å². The summed E-state index contributed by atoms with van der Waals surface area (Å²) < 4.78 is 32.3. The van der Waals surface area contributed by atoms with Crippen LogP contribution in [0.5, 0.6) is 0 Å². The van der Waals surface area contributed by atoms with Gasteiger partial charge in [-0.15, -0.1) is 0 Å². The highest BCUT2D eigenvalue weighted by atomic mass is 32.2. The van der Waals surface area contributed by atoms with E-state index in [0.29, 0.717) is 25.3 Å². The Kier molecular flexibility index (Phi) is 7.59. The number of piperidine rings is 1. The van der Waals surface area contributed by atoms with Crippen molar-refractivity contribution in [1.82, 2.24) is 4.31 Å². The van der Waals surface area contributed by atoms with Gasteiger partial charge in [0.1, 0.15) is 6.04 Å². The number of carbonyl (C=O) groups is 2. The molecule has 1 atom stereocenters. The molecule has 2 aromatic carbocycles. The van der Waals surface area contributed by atoms with Crippen molar-refractivity contribution in [1.29, 1.82) is 0 Å². The van der Waals surface area contributed by atoms with Gasteiger partial charge in [0.15, 0.2) is 0 Å². The van der Waals surface area contributed by atoms with Crippen molar-refractivity contribution in [3.63, 3.8) is 0 Å². The van der Waals surface area contributed by atoms with Crippen LogP contribution in [0.1, 0.15) is 31.7 Å². The molecule has 0 aromatic heterocycles. The fraction of sp³-hybridized carbons (Fsp3) is 0.304. The van der Waals surface area contributed by atoms with Gasteiger partial charge in [-0.1, -0.05) is 36.8 Å². The van der Waals surface area contributed by atoms with E-state index < -0.39 is 22.0 Å². The number of anilines is 1. The summed E-state index contributed by atoms with van der Waals surface area (Å²) in [5, 5.41) is 2.82. The molecule has 1 fully saturated rings. The molecule has 1 aliphatic heterocycles. The molecule has 1 amide bonds. The second-order valence-electron chi connectivity index (χ2n) is 7.14. The zero-order chi connectivity index (χ0) is 22.3. The second-order valence-corrected chi connectivity index (χ2v) is 9.03. The van der Waals surface area contributed by atoms with Crippen LogP contribution in [0.4, 0.5) is 5.69 Å². The summed E-state index contributed by atoms with van der Waals surface area (Å²) in [7, 11) is -3.76. The van der Waals surface area contributed by atoms with Crippen LogP contribution in [0, 0.1) is 0 Å². The average molecular weight is 443 g/mol. The summed E-state index contributed by atoms with van der Waals surface area (Å²) in [4.78, 5) is 24.5. The molecule has 0 radical (unpaired) electrons. The van der Waals surface area contributed by atoms with Gasteiger partial charge in [0, 0.05) is 18.3 Å². The first-order valence-electron chi connectivity index (χ1n) is 10.2. The van der Waals surface area contributed by atoms with Gasteiger partial charge in [0.25, 0.3) is 0 Å². The minimum absolute atomic E-state index is 0.187. The standard InChI is InChI=1S/C23H26N2O5S/c1-2-30-22(26)16-13-18-11-14-19(15-12-18)24-23(27)21-10-6-7-17-25(21)31(28,29)20-8-4-3-5-9-20/h3-5,8-9,11-16,21H,2,6-7,10,17H2,1H3,(H,24,27)/b16-13+. The molecule has 0 saturated carbocycles. The van der Waals surface area contributed by atoms with Gasteiger partial charge in [-0.05, 0) is 55.7 Å². The Morgan fingerprint density at radius 3 is 2.48 bits per heavy atom. The van der Waals surface area contributed by atoms with Gasteiger partial charge in [0.05, 0.1) is 11.5 Å². The summed E-state index contributed by atoms with van der Waals surface area (Å²) in [6, 6.07) is 14.3. The molecule has 0 aliphatic carbocycles. The number of amides is 1. The summed E-state index contributed by atoms with van der Waals surface area (Å²) in [6.07, 6.45) is 4.94. The first-order valence-corrected chi connectivity index (χ1v) is 11.7. The zero-order valence-corrected chi connectivity index (χ0v) is 18.2. The normalized spacial score (nSPS) is 17.4. The zero-order valence-electron chi connectivity index (χ0n) is 17.4. The molecule has 1 saturated heterocycles. The van der Waals surface area contributed by atoms with E-state index in [4.69, 9.17) is 4.74 Å². The van der Waals surface area contributed by atoms with E-state index in [1.54, 1.807) is 67.6 Å². The highest BCUT2D eigenvalue weighted by molar-refractivity contribution is 7.89. The van der Waals surface area contributed by atoms with E-state index in [1.807, 2.05) is 0 Å². The Balaban J connectivity index is 1.70. The van der Waals surface area contributed by atoms with Crippen LogP contribution in [-0.4, -0.2) is 43.8 Å². The molecule has 1 unspecified atom stereocenters. The summed E-state index contributed by atoms with van der Waals surface area (Å²) in [5.41, 5.74) is 1.33. The minimum Gasteiger partial charge on any atom is -0.463 e. The van der Waals surface area contributed by atoms with Crippen molar-refractivity contribution < 1.29 is 22.7 Å². The SMILES string of the molecule is CCOC(=O)/C=C/c1ccc(NC(=O)C2CCCCN2S(=O)(=O)c2ccccc2)cc1. The van der Waals surface area contributed by atoms with Crippen molar-refractivity contribution in [2.24, 2.45) is 0 Å². The number of carbonyl (C=O) groups excluding carboxylic acids is 2. The van der Waals surface area contributed by atoms with Crippen LogP contribution < -0.4 is 5.32 Å². The summed E-state index contributed by atoms with van der Waals surface area (Å²) >= 11 is 0. The fourth-order valence-corrected chi connectivity index (χ4v) is 5.12. The molecule has 164 valence electrons. The van der Waals surface area contributed by atoms with Gasteiger partial charge in [-0.2, -0.15) is 4.31 Å². The van der Waals surface area contributed by atoms with Crippen molar-refractivity contribution in [2.75, 3.05) is 18.5 Å². The maximum absolute atomic E-state index is 13.1. The number of nitrogens with zero attached hydrogens (tertiary/aromatic N) is 1. The molecule has 7 nitrogen and oxygen atoms in total. The van der Waals surface area contributed by atoms with Crippen LogP contribution >= 0.6 is 0 Å². The van der Waals surface area contributed by atoms with E-state index in [2.05, 4.69) is 5.32 Å². The molecule has 3 rings (SSSR count). The number of rotatable bonds is 7. The first-order chi connectivity index (χ1) is 14.9. The summed E-state index contributed by atoms with van der Waals surface area (Å²) in [5.74, 6) is -0.772. The number of hydrogen-bond donors (Lipinski definition) is 1. The van der Waals surface area contributed by atoms with Gasteiger partial charge in [-0.3, -0.25) is 4.79 Å². The number of benzene rings is 2. The monoisotopic (exact) mass is 442 g/mol. The fourth-order valence-electron chi connectivity index (χ4n) is 3.44. The minimum atomic E-state index is -3.76. The van der Waals surface area contributed by atoms with Crippen LogP contribution in [0.2, 0.25) is 0 Å². The number of hydrogen-bond acceptors (Lipinski definition) is 5. The molecular formula is C23H26N2O5S. The predicted octanol–water partition coefficient (Wildman–Crippen LogP) is 3.44. The van der Waals surface area contributed by atoms with Gasteiger partial charge < -0.3 is 10.1 Å². The van der Waals surface area contributed by atoms with Crippen LogP contribution in [0.15, 0.2) is 65.6 Å². The highest BCUT2D eigenvalue weighted by Gasteiger charge is 2.37. The Bertz CT molecular complexity index is 1030. The van der Waals surface area contributed by atoms with Gasteiger partial charge >= 0.3 is 5.97 Å². The van der Waals surface area contributed by atoms with Crippen molar-refractivity contribution in [2.45, 2.75) is 37.1 Å². The lowest BCUT2D eigenvalue weighted by Gasteiger charge is -2.33. The smallest absolute Gasteiger partial charge is 0.330 e. The van der Waals surface area contributed by atoms with E-state index >= 15 is 0 Å². The third kappa shape index (κ3) is 5.80. The quantitative estimate of drug-likeness (QED) is 0.524. The number of ether oxygens (including phenoxy) is 1. The van der Waals surface area contributed by atoms with E-state index in [0.717, 1.165) is 18.4 Å². The van der Waals surface area contributed by atoms with Crippen LogP contribution in [0.25, 0.3) is 6.08 Å². The van der Waals surface area contributed by atoms with E-state index in [1.165, 1.54) is 10.4 Å². The molecule has 8 heteroatoms. The number of esters is 1. The predicted molar refractivity (Wildman–Crippen MR) is 119 cm³/mol. The van der Waals surface area contributed by atoms with Gasteiger partial charge in [-0.25, -0.2) is 13.2 Å². The molecule has 0 spiro atoms. The topological polar surface area (TPSA) is 92.8 Å². The third-order valence-corrected chi connectivity index (χ3v) is 6.91. The van der Waals surface area contributed by atoms with Crippen molar-refractivity contribution in [3.8, 4) is 0 Å². The first kappa shape index (κ1) is 22.7. The second kappa shape index (κ2) is 10.4. The lowest BCUT2D eigenvalue weighted by atomic mass is 10.0. The lowest BCUT2D eigenvalue weighted by Crippen LogP contribution is -2.49. The molecule has 1 heterocycles. The summed E-state index contributed by atoms with van der Waals surface area (Å²) in [6.45, 7) is 2.36. The molecule has 31 heavy (non-hydrogen) atoms. The molecule has 1 N–H and O–H groups in total. The highest BCUT2D eigenvalue weighted by Crippen LogP contribution is 2.26. The van der Waals surface area contributed by atoms with E-state index in [9.17, 15) is 18.0 Å². The molecule has 0 bridgehead atoms. The van der Waals surface area contributed by atoms with Crippen LogP contribution in [-0.2, 0) is 24.3 Å². The Hall–Kier alpha value is -2.97. The van der Waals surface area contributed by atoms with Crippen molar-refractivity contribution in [3.05, 3.63) is 66.2 Å². The van der Waals surface area contributed by atoms with Gasteiger partial charge in [0.2, 0.25) is 15.9 Å². The molecule has 1 aliphatic rings. The maximum Gasteiger partial charge on any atom is 0.330 e. The van der Waals surface area contributed by atoms with Crippen molar-refractivity contribution >= 4 is 33.7 Å². The Labute approximate surface area is 182 Å². The Morgan fingerprint density at radius 2 is 1.81 bits per heavy atom.